The van der Waals surface area contributed by atoms with Crippen molar-refractivity contribution in [1.82, 2.24) is 4.98 Å². The predicted molar refractivity (Wildman–Crippen MR) is 100 cm³/mol. The lowest BCUT2D eigenvalue weighted by Crippen LogP contribution is -2.10. The van der Waals surface area contributed by atoms with Gasteiger partial charge in [0.1, 0.15) is 11.4 Å². The molecule has 0 bridgehead atoms. The lowest BCUT2D eigenvalue weighted by atomic mass is 10.1. The van der Waals surface area contributed by atoms with E-state index in [4.69, 9.17) is 14.2 Å². The van der Waals surface area contributed by atoms with Crippen LogP contribution < -0.4 is 4.74 Å². The lowest BCUT2D eigenvalue weighted by molar-refractivity contribution is 0.0594. The maximum atomic E-state index is 12.2. The van der Waals surface area contributed by atoms with Crippen molar-refractivity contribution in [2.45, 2.75) is 6.42 Å². The van der Waals surface area contributed by atoms with E-state index in [1.165, 1.54) is 25.8 Å². The summed E-state index contributed by atoms with van der Waals surface area (Å²) in [5.74, 6) is -0.574. The molecule has 138 valence electrons. The zero-order valence-corrected chi connectivity index (χ0v) is 15.1. The molecule has 0 aliphatic rings. The van der Waals surface area contributed by atoms with E-state index in [9.17, 15) is 9.59 Å². The van der Waals surface area contributed by atoms with Crippen LogP contribution in [-0.2, 0) is 15.9 Å². The first-order chi connectivity index (χ1) is 13.1. The minimum Gasteiger partial charge on any atom is -0.493 e. The first-order valence-electron chi connectivity index (χ1n) is 8.40. The number of nitrogens with zero attached hydrogens (tertiary/aromatic N) is 1. The number of aromatic nitrogens is 1. The number of carbonyl (C=O) groups is 2. The fraction of sp³-hybridized carbons (Fsp3) is 0.190. The van der Waals surface area contributed by atoms with E-state index in [0.717, 1.165) is 6.42 Å². The molecule has 27 heavy (non-hydrogen) atoms. The second kappa shape index (κ2) is 8.31. The van der Waals surface area contributed by atoms with E-state index in [-0.39, 0.29) is 11.3 Å². The van der Waals surface area contributed by atoms with E-state index >= 15 is 0 Å². The standard InChI is InChI=1S/C21H19NO5/c1-25-20(23)17-13-19(21(24)26-2)22-18-9-8-15(12-16(17)18)27-11-10-14-6-4-3-5-7-14/h3-9,12-13H,10-11H2,1-2H3. The largest absolute Gasteiger partial charge is 0.493 e. The van der Waals surface area contributed by atoms with Gasteiger partial charge in [-0.15, -0.1) is 0 Å². The number of fused-ring (bicyclic) bond motifs is 1. The molecule has 0 saturated heterocycles. The van der Waals surface area contributed by atoms with Crippen molar-refractivity contribution in [3.63, 3.8) is 0 Å². The molecule has 0 spiro atoms. The van der Waals surface area contributed by atoms with Gasteiger partial charge < -0.3 is 14.2 Å². The van der Waals surface area contributed by atoms with Crippen LogP contribution in [0.4, 0.5) is 0 Å². The van der Waals surface area contributed by atoms with E-state index < -0.39 is 11.9 Å². The molecule has 0 aliphatic carbocycles. The van der Waals surface area contributed by atoms with Crippen LogP contribution in [0.3, 0.4) is 0 Å². The second-order valence-electron chi connectivity index (χ2n) is 5.80. The van der Waals surface area contributed by atoms with Crippen LogP contribution in [0.1, 0.15) is 26.4 Å². The molecule has 3 aromatic rings. The van der Waals surface area contributed by atoms with Gasteiger partial charge in [-0.2, -0.15) is 0 Å². The van der Waals surface area contributed by atoms with Crippen molar-refractivity contribution in [2.75, 3.05) is 20.8 Å². The molecule has 1 aromatic heterocycles. The van der Waals surface area contributed by atoms with Gasteiger partial charge in [0, 0.05) is 11.8 Å². The molecule has 0 amide bonds. The van der Waals surface area contributed by atoms with Crippen LogP contribution in [0.15, 0.2) is 54.6 Å². The summed E-state index contributed by atoms with van der Waals surface area (Å²) in [7, 11) is 2.54. The summed E-state index contributed by atoms with van der Waals surface area (Å²) in [4.78, 5) is 28.2. The summed E-state index contributed by atoms with van der Waals surface area (Å²) in [6.07, 6.45) is 0.766. The number of methoxy groups -OCH3 is 2. The van der Waals surface area contributed by atoms with Crippen molar-refractivity contribution in [3.05, 3.63) is 71.4 Å². The molecule has 6 nitrogen and oxygen atoms in total. The molecule has 6 heteroatoms. The SMILES string of the molecule is COC(=O)c1cc(C(=O)OC)c2cc(OCCc3ccccc3)ccc2n1. The van der Waals surface area contributed by atoms with E-state index in [2.05, 4.69) is 4.98 Å². The summed E-state index contributed by atoms with van der Waals surface area (Å²) in [6.45, 7) is 0.497. The molecular weight excluding hydrogens is 346 g/mol. The van der Waals surface area contributed by atoms with Gasteiger partial charge in [-0.1, -0.05) is 30.3 Å². The first kappa shape index (κ1) is 18.4. The maximum Gasteiger partial charge on any atom is 0.356 e. The molecule has 0 atom stereocenters. The van der Waals surface area contributed by atoms with E-state index in [1.807, 2.05) is 30.3 Å². The summed E-state index contributed by atoms with van der Waals surface area (Å²) >= 11 is 0. The predicted octanol–water partition coefficient (Wildman–Crippen LogP) is 3.43. The summed E-state index contributed by atoms with van der Waals surface area (Å²) in [5.41, 5.74) is 1.94. The Kier molecular flexibility index (Phi) is 5.66. The summed E-state index contributed by atoms with van der Waals surface area (Å²) < 4.78 is 15.3. The molecule has 2 aromatic carbocycles. The Bertz CT molecular complexity index is 969. The van der Waals surface area contributed by atoms with Gasteiger partial charge in [0.15, 0.2) is 0 Å². The van der Waals surface area contributed by atoms with Crippen LogP contribution in [-0.4, -0.2) is 37.7 Å². The number of benzene rings is 2. The van der Waals surface area contributed by atoms with E-state index in [0.29, 0.717) is 23.3 Å². The first-order valence-corrected chi connectivity index (χ1v) is 8.40. The topological polar surface area (TPSA) is 74.7 Å². The zero-order valence-electron chi connectivity index (χ0n) is 15.1. The number of carbonyl (C=O) groups excluding carboxylic acids is 2. The van der Waals surface area contributed by atoms with Crippen molar-refractivity contribution in [3.8, 4) is 5.75 Å². The van der Waals surface area contributed by atoms with Gasteiger partial charge in [0.2, 0.25) is 0 Å². The van der Waals surface area contributed by atoms with E-state index in [1.54, 1.807) is 18.2 Å². The molecule has 0 radical (unpaired) electrons. The fourth-order valence-electron chi connectivity index (χ4n) is 2.71. The smallest absolute Gasteiger partial charge is 0.356 e. The van der Waals surface area contributed by atoms with Gasteiger partial charge in [-0.05, 0) is 29.8 Å². The highest BCUT2D eigenvalue weighted by atomic mass is 16.5. The van der Waals surface area contributed by atoms with Crippen molar-refractivity contribution < 1.29 is 23.8 Å². The molecule has 0 N–H and O–H groups in total. The average Bonchev–Trinajstić information content (AvgIpc) is 2.72. The average molecular weight is 365 g/mol. The van der Waals surface area contributed by atoms with Crippen LogP contribution in [0.25, 0.3) is 10.9 Å². The van der Waals surface area contributed by atoms with Gasteiger partial charge in [0.25, 0.3) is 0 Å². The third kappa shape index (κ3) is 4.23. The Hall–Kier alpha value is -3.41. The zero-order chi connectivity index (χ0) is 19.2. The number of hydrogen-bond acceptors (Lipinski definition) is 6. The fourth-order valence-corrected chi connectivity index (χ4v) is 2.71. The van der Waals surface area contributed by atoms with Gasteiger partial charge in [-0.3, -0.25) is 0 Å². The highest BCUT2D eigenvalue weighted by Gasteiger charge is 2.18. The monoisotopic (exact) mass is 365 g/mol. The van der Waals surface area contributed by atoms with Gasteiger partial charge in [-0.25, -0.2) is 14.6 Å². The van der Waals surface area contributed by atoms with Crippen molar-refractivity contribution in [2.24, 2.45) is 0 Å². The molecule has 0 aliphatic heterocycles. The third-order valence-electron chi connectivity index (χ3n) is 4.08. The molecule has 0 saturated carbocycles. The van der Waals surface area contributed by atoms with Crippen LogP contribution >= 0.6 is 0 Å². The Morgan fingerprint density at radius 2 is 1.67 bits per heavy atom. The Morgan fingerprint density at radius 1 is 0.926 bits per heavy atom. The molecule has 0 fully saturated rings. The number of hydrogen-bond donors (Lipinski definition) is 0. The number of esters is 2. The van der Waals surface area contributed by atoms with Gasteiger partial charge in [0.05, 0.1) is 31.9 Å². The van der Waals surface area contributed by atoms with Crippen LogP contribution in [0.2, 0.25) is 0 Å². The summed E-state index contributed by atoms with van der Waals surface area (Å²) in [6, 6.07) is 16.6. The third-order valence-corrected chi connectivity index (χ3v) is 4.08. The van der Waals surface area contributed by atoms with Crippen LogP contribution in [0.5, 0.6) is 5.75 Å². The number of ether oxygens (including phenoxy) is 3. The minimum absolute atomic E-state index is 0.0446. The van der Waals surface area contributed by atoms with Crippen LogP contribution in [0, 0.1) is 0 Å². The highest BCUT2D eigenvalue weighted by Crippen LogP contribution is 2.25. The number of pyridine rings is 1. The lowest BCUT2D eigenvalue weighted by Gasteiger charge is -2.10. The molecule has 3 rings (SSSR count). The minimum atomic E-state index is -0.620. The van der Waals surface area contributed by atoms with Crippen molar-refractivity contribution in [1.29, 1.82) is 0 Å². The Balaban J connectivity index is 1.88. The second-order valence-corrected chi connectivity index (χ2v) is 5.80. The highest BCUT2D eigenvalue weighted by molar-refractivity contribution is 6.06. The van der Waals surface area contributed by atoms with Gasteiger partial charge >= 0.3 is 11.9 Å². The Morgan fingerprint density at radius 3 is 2.37 bits per heavy atom. The molecule has 0 unspecified atom stereocenters. The molecule has 1 heterocycles. The maximum absolute atomic E-state index is 12.2. The summed E-state index contributed by atoms with van der Waals surface area (Å²) in [5, 5.41) is 0.548. The molecular formula is C21H19NO5. The quantitative estimate of drug-likeness (QED) is 0.623. The normalized spacial score (nSPS) is 10.4. The Labute approximate surface area is 156 Å². The number of rotatable bonds is 6. The van der Waals surface area contributed by atoms with Crippen molar-refractivity contribution >= 4 is 22.8 Å².